The predicted octanol–water partition coefficient (Wildman–Crippen LogP) is 2.61. The number of piperidine rings is 2. The Balaban J connectivity index is 0.00000144. The molecule has 0 saturated carbocycles. The molecule has 6 heteroatoms. The van der Waals surface area contributed by atoms with Gasteiger partial charge in [-0.2, -0.15) is 0 Å². The maximum absolute atomic E-state index is 12.5. The zero-order valence-corrected chi connectivity index (χ0v) is 15.7. The molecule has 0 spiro atoms. The zero-order valence-electron chi connectivity index (χ0n) is 14.1. The number of nitrogens with one attached hydrogen (secondary N) is 2. The molecule has 2 heterocycles. The summed E-state index contributed by atoms with van der Waals surface area (Å²) in [6.45, 7) is 5.00. The number of likely N-dealkylation sites (tertiary alicyclic amines) is 1. The molecule has 2 saturated heterocycles. The summed E-state index contributed by atoms with van der Waals surface area (Å²) in [4.78, 5) is 14.9. The number of nitrogens with zero attached hydrogens (tertiary/aromatic N) is 1. The molecule has 1 atom stereocenters. The van der Waals surface area contributed by atoms with Crippen LogP contribution in [0.3, 0.4) is 0 Å². The van der Waals surface area contributed by atoms with Gasteiger partial charge in [0.25, 0.3) is 0 Å². The van der Waals surface area contributed by atoms with Crippen LogP contribution in [0.1, 0.15) is 31.2 Å². The molecule has 2 aliphatic heterocycles. The molecule has 1 aromatic rings. The quantitative estimate of drug-likeness (QED) is 0.852. The van der Waals surface area contributed by atoms with E-state index in [1.165, 1.54) is 5.56 Å². The lowest BCUT2D eigenvalue weighted by Crippen LogP contribution is -2.48. The van der Waals surface area contributed by atoms with Gasteiger partial charge in [0.05, 0.1) is 5.92 Å². The first-order valence-corrected chi connectivity index (χ1v) is 8.58. The van der Waals surface area contributed by atoms with E-state index < -0.39 is 0 Å². The minimum absolute atomic E-state index is 0. The minimum atomic E-state index is 0. The SMILES string of the molecule is Cl.Cl.O=C(NC1CCNCC1)C1CCCN(Cc2ccccc2)C1. The van der Waals surface area contributed by atoms with Gasteiger partial charge < -0.3 is 10.6 Å². The number of rotatable bonds is 4. The van der Waals surface area contributed by atoms with Crippen molar-refractivity contribution in [2.75, 3.05) is 26.2 Å². The monoisotopic (exact) mass is 373 g/mol. The van der Waals surface area contributed by atoms with Crippen molar-refractivity contribution in [2.24, 2.45) is 5.92 Å². The molecule has 1 aromatic carbocycles. The largest absolute Gasteiger partial charge is 0.353 e. The van der Waals surface area contributed by atoms with Crippen molar-refractivity contribution >= 4 is 30.7 Å². The van der Waals surface area contributed by atoms with Crippen LogP contribution in [0.25, 0.3) is 0 Å². The van der Waals surface area contributed by atoms with Crippen LogP contribution in [-0.4, -0.2) is 43.0 Å². The maximum Gasteiger partial charge on any atom is 0.224 e. The highest BCUT2D eigenvalue weighted by Crippen LogP contribution is 2.19. The molecule has 2 N–H and O–H groups in total. The van der Waals surface area contributed by atoms with Crippen molar-refractivity contribution in [3.05, 3.63) is 35.9 Å². The first kappa shape index (κ1) is 21.2. The molecule has 2 fully saturated rings. The summed E-state index contributed by atoms with van der Waals surface area (Å²) in [7, 11) is 0. The molecule has 2 aliphatic rings. The normalized spacial score (nSPS) is 22.1. The molecule has 4 nitrogen and oxygen atoms in total. The average molecular weight is 374 g/mol. The van der Waals surface area contributed by atoms with E-state index >= 15 is 0 Å². The molecular weight excluding hydrogens is 345 g/mol. The molecule has 3 rings (SSSR count). The van der Waals surface area contributed by atoms with E-state index in [9.17, 15) is 4.79 Å². The summed E-state index contributed by atoms with van der Waals surface area (Å²) in [6, 6.07) is 10.9. The van der Waals surface area contributed by atoms with Crippen molar-refractivity contribution in [3.63, 3.8) is 0 Å². The lowest BCUT2D eigenvalue weighted by molar-refractivity contribution is -0.127. The van der Waals surface area contributed by atoms with E-state index in [-0.39, 0.29) is 36.6 Å². The van der Waals surface area contributed by atoms with E-state index in [1.807, 2.05) is 0 Å². The predicted molar refractivity (Wildman–Crippen MR) is 103 cm³/mol. The van der Waals surface area contributed by atoms with Gasteiger partial charge in [0.15, 0.2) is 0 Å². The number of amides is 1. The smallest absolute Gasteiger partial charge is 0.224 e. The second-order valence-corrected chi connectivity index (χ2v) is 6.59. The third kappa shape index (κ3) is 6.25. The van der Waals surface area contributed by atoms with Gasteiger partial charge in [-0.05, 0) is 50.9 Å². The lowest BCUT2D eigenvalue weighted by atomic mass is 9.95. The Hall–Kier alpha value is -0.810. The highest BCUT2D eigenvalue weighted by Gasteiger charge is 2.27. The summed E-state index contributed by atoms with van der Waals surface area (Å²) in [5.74, 6) is 0.428. The molecule has 24 heavy (non-hydrogen) atoms. The van der Waals surface area contributed by atoms with Gasteiger partial charge in [0.2, 0.25) is 5.91 Å². The van der Waals surface area contributed by atoms with Gasteiger partial charge in [-0.15, -0.1) is 24.8 Å². The topological polar surface area (TPSA) is 44.4 Å². The van der Waals surface area contributed by atoms with Crippen LogP contribution in [-0.2, 0) is 11.3 Å². The zero-order chi connectivity index (χ0) is 15.2. The van der Waals surface area contributed by atoms with Crippen LogP contribution >= 0.6 is 24.8 Å². The third-order valence-corrected chi connectivity index (χ3v) is 4.81. The Morgan fingerprint density at radius 1 is 1.12 bits per heavy atom. The number of hydrogen-bond acceptors (Lipinski definition) is 3. The Morgan fingerprint density at radius 3 is 2.54 bits per heavy atom. The number of halogens is 2. The molecule has 0 radical (unpaired) electrons. The summed E-state index contributed by atoms with van der Waals surface area (Å²) in [5, 5.41) is 6.61. The molecule has 0 bridgehead atoms. The highest BCUT2D eigenvalue weighted by atomic mass is 35.5. The maximum atomic E-state index is 12.5. The molecule has 1 unspecified atom stereocenters. The van der Waals surface area contributed by atoms with Gasteiger partial charge in [-0.1, -0.05) is 30.3 Å². The Bertz CT molecular complexity index is 480. The second kappa shape index (κ2) is 10.9. The lowest BCUT2D eigenvalue weighted by Gasteiger charge is -2.33. The van der Waals surface area contributed by atoms with Crippen LogP contribution < -0.4 is 10.6 Å². The molecule has 136 valence electrons. The van der Waals surface area contributed by atoms with Crippen LogP contribution in [0.4, 0.5) is 0 Å². The van der Waals surface area contributed by atoms with Crippen molar-refractivity contribution in [1.29, 1.82) is 0 Å². The first-order chi connectivity index (χ1) is 10.8. The standard InChI is InChI=1S/C18H27N3O.2ClH/c22-18(20-17-8-10-19-11-9-17)16-7-4-12-21(14-16)13-15-5-2-1-3-6-15;;/h1-3,5-6,16-17,19H,4,7-14H2,(H,20,22);2*1H. The number of carbonyl (C=O) groups is 1. The first-order valence-electron chi connectivity index (χ1n) is 8.58. The number of carbonyl (C=O) groups excluding carboxylic acids is 1. The van der Waals surface area contributed by atoms with Crippen molar-refractivity contribution in [3.8, 4) is 0 Å². The average Bonchev–Trinajstić information content (AvgIpc) is 2.57. The fourth-order valence-electron chi connectivity index (χ4n) is 3.54. The van der Waals surface area contributed by atoms with Gasteiger partial charge >= 0.3 is 0 Å². The van der Waals surface area contributed by atoms with E-state index in [1.54, 1.807) is 0 Å². The molecule has 0 aromatic heterocycles. The second-order valence-electron chi connectivity index (χ2n) is 6.59. The van der Waals surface area contributed by atoms with Crippen molar-refractivity contribution in [1.82, 2.24) is 15.5 Å². The van der Waals surface area contributed by atoms with Gasteiger partial charge in [0, 0.05) is 19.1 Å². The summed E-state index contributed by atoms with van der Waals surface area (Å²) in [5.41, 5.74) is 1.34. The fraction of sp³-hybridized carbons (Fsp3) is 0.611. The van der Waals surface area contributed by atoms with Crippen LogP contribution in [0.5, 0.6) is 0 Å². The van der Waals surface area contributed by atoms with Gasteiger partial charge in [-0.3, -0.25) is 9.69 Å². The third-order valence-electron chi connectivity index (χ3n) is 4.81. The van der Waals surface area contributed by atoms with E-state index in [0.29, 0.717) is 6.04 Å². The summed E-state index contributed by atoms with van der Waals surface area (Å²) >= 11 is 0. The van der Waals surface area contributed by atoms with Crippen LogP contribution in [0, 0.1) is 5.92 Å². The number of hydrogen-bond donors (Lipinski definition) is 2. The summed E-state index contributed by atoms with van der Waals surface area (Å²) < 4.78 is 0. The van der Waals surface area contributed by atoms with Crippen LogP contribution in [0.15, 0.2) is 30.3 Å². The summed E-state index contributed by atoms with van der Waals surface area (Å²) in [6.07, 6.45) is 4.28. The van der Waals surface area contributed by atoms with Crippen molar-refractivity contribution < 1.29 is 4.79 Å². The molecular formula is C18H29Cl2N3O. The van der Waals surface area contributed by atoms with Gasteiger partial charge in [0.1, 0.15) is 0 Å². The Kier molecular flexibility index (Phi) is 9.67. The minimum Gasteiger partial charge on any atom is -0.353 e. The van der Waals surface area contributed by atoms with E-state index in [4.69, 9.17) is 0 Å². The Labute approximate surface area is 157 Å². The van der Waals surface area contributed by atoms with E-state index in [0.717, 1.165) is 58.4 Å². The van der Waals surface area contributed by atoms with Crippen LogP contribution in [0.2, 0.25) is 0 Å². The van der Waals surface area contributed by atoms with Crippen molar-refractivity contribution in [2.45, 2.75) is 38.3 Å². The van der Waals surface area contributed by atoms with E-state index in [2.05, 4.69) is 45.9 Å². The highest BCUT2D eigenvalue weighted by molar-refractivity contribution is 5.85. The fourth-order valence-corrected chi connectivity index (χ4v) is 3.54. The Morgan fingerprint density at radius 2 is 1.83 bits per heavy atom. The molecule has 0 aliphatic carbocycles. The number of benzene rings is 1. The van der Waals surface area contributed by atoms with Gasteiger partial charge in [-0.25, -0.2) is 0 Å². The molecule has 1 amide bonds.